The number of ether oxygens (including phenoxy) is 1. The molecule has 2 aliphatic heterocycles. The fourth-order valence-electron chi connectivity index (χ4n) is 3.75. The summed E-state index contributed by atoms with van der Waals surface area (Å²) >= 11 is 0. The van der Waals surface area contributed by atoms with Gasteiger partial charge >= 0.3 is 5.97 Å². The van der Waals surface area contributed by atoms with Crippen LogP contribution in [0.2, 0.25) is 0 Å². The Balaban J connectivity index is 1.76. The van der Waals surface area contributed by atoms with Crippen molar-refractivity contribution in [3.05, 3.63) is 29.3 Å². The summed E-state index contributed by atoms with van der Waals surface area (Å²) in [7, 11) is -3.73. The van der Waals surface area contributed by atoms with Gasteiger partial charge in [-0.1, -0.05) is 19.9 Å². The molecule has 1 aromatic rings. The number of piperazine rings is 1. The molecule has 8 heteroatoms. The zero-order valence-electron chi connectivity index (χ0n) is 15.9. The first-order valence-electron chi connectivity index (χ1n) is 9.46. The van der Waals surface area contributed by atoms with Gasteiger partial charge in [0.05, 0.1) is 17.1 Å². The third-order valence-corrected chi connectivity index (χ3v) is 7.33. The molecule has 1 unspecified atom stereocenters. The van der Waals surface area contributed by atoms with Crippen molar-refractivity contribution in [2.45, 2.75) is 31.1 Å². The van der Waals surface area contributed by atoms with Crippen LogP contribution in [0.4, 0.5) is 0 Å². The van der Waals surface area contributed by atoms with E-state index in [2.05, 4.69) is 4.90 Å². The van der Waals surface area contributed by atoms with Gasteiger partial charge in [0.1, 0.15) is 0 Å². The lowest BCUT2D eigenvalue weighted by atomic mass is 10.0. The Morgan fingerprint density at radius 1 is 1.26 bits per heavy atom. The predicted molar refractivity (Wildman–Crippen MR) is 102 cm³/mol. The largest absolute Gasteiger partial charge is 0.478 e. The van der Waals surface area contributed by atoms with Gasteiger partial charge in [0.2, 0.25) is 10.0 Å². The maximum atomic E-state index is 13.2. The molecule has 0 bridgehead atoms. The van der Waals surface area contributed by atoms with Gasteiger partial charge < -0.3 is 14.7 Å². The number of hydrogen-bond acceptors (Lipinski definition) is 5. The smallest absolute Gasteiger partial charge is 0.335 e. The summed E-state index contributed by atoms with van der Waals surface area (Å²) in [5.41, 5.74) is 0.656. The number of hydrogen-bond donors (Lipinski definition) is 1. The first-order chi connectivity index (χ1) is 12.8. The number of sulfonamides is 1. The molecule has 0 aromatic heterocycles. The van der Waals surface area contributed by atoms with Crippen LogP contribution in [-0.2, 0) is 14.8 Å². The Labute approximate surface area is 161 Å². The topological polar surface area (TPSA) is 87.1 Å². The Kier molecular flexibility index (Phi) is 6.20. The van der Waals surface area contributed by atoms with Crippen molar-refractivity contribution in [1.29, 1.82) is 0 Å². The number of carboxylic acids is 1. The third kappa shape index (κ3) is 4.51. The molecule has 3 rings (SSSR count). The van der Waals surface area contributed by atoms with Crippen molar-refractivity contribution >= 4 is 16.0 Å². The monoisotopic (exact) mass is 396 g/mol. The third-order valence-electron chi connectivity index (χ3n) is 5.37. The van der Waals surface area contributed by atoms with E-state index in [1.165, 1.54) is 16.4 Å². The highest BCUT2D eigenvalue weighted by atomic mass is 32.2. The van der Waals surface area contributed by atoms with Crippen molar-refractivity contribution in [2.24, 2.45) is 5.92 Å². The van der Waals surface area contributed by atoms with Gasteiger partial charge in [-0.15, -0.1) is 0 Å². The molecule has 2 fully saturated rings. The number of benzene rings is 1. The molecule has 2 saturated heterocycles. The highest BCUT2D eigenvalue weighted by Gasteiger charge is 2.32. The van der Waals surface area contributed by atoms with E-state index in [-0.39, 0.29) is 16.4 Å². The van der Waals surface area contributed by atoms with Gasteiger partial charge in [-0.05, 0) is 36.0 Å². The Hall–Kier alpha value is -1.48. The van der Waals surface area contributed by atoms with E-state index in [0.29, 0.717) is 37.7 Å². The van der Waals surface area contributed by atoms with Crippen molar-refractivity contribution in [3.63, 3.8) is 0 Å². The maximum absolute atomic E-state index is 13.2. The van der Waals surface area contributed by atoms with Crippen LogP contribution in [0.3, 0.4) is 0 Å². The van der Waals surface area contributed by atoms with Gasteiger partial charge in [0.25, 0.3) is 0 Å². The van der Waals surface area contributed by atoms with Crippen molar-refractivity contribution in [3.8, 4) is 0 Å². The second-order valence-electron chi connectivity index (χ2n) is 7.65. The minimum absolute atomic E-state index is 0.00200. The minimum Gasteiger partial charge on any atom is -0.478 e. The summed E-state index contributed by atoms with van der Waals surface area (Å²) in [5.74, 6) is -0.598. The summed E-state index contributed by atoms with van der Waals surface area (Å²) < 4.78 is 33.4. The molecule has 0 radical (unpaired) electrons. The fourth-order valence-corrected chi connectivity index (χ4v) is 5.55. The van der Waals surface area contributed by atoms with E-state index in [9.17, 15) is 18.3 Å². The number of carboxylic acid groups (broad SMARTS) is 1. The SMILES string of the molecule is CC(C)c1ccc(C(=O)O)cc1S(=O)(=O)N1CCN(CC2CCOC2)CC1. The van der Waals surface area contributed by atoms with Crippen LogP contribution in [0.15, 0.2) is 23.1 Å². The Morgan fingerprint density at radius 3 is 2.52 bits per heavy atom. The highest BCUT2D eigenvalue weighted by molar-refractivity contribution is 7.89. The minimum atomic E-state index is -3.73. The lowest BCUT2D eigenvalue weighted by Crippen LogP contribution is -2.49. The van der Waals surface area contributed by atoms with E-state index < -0.39 is 16.0 Å². The van der Waals surface area contributed by atoms with E-state index >= 15 is 0 Å². The van der Waals surface area contributed by atoms with Crippen molar-refractivity contribution in [1.82, 2.24) is 9.21 Å². The van der Waals surface area contributed by atoms with Crippen molar-refractivity contribution < 1.29 is 23.1 Å². The van der Waals surface area contributed by atoms with Gasteiger partial charge in [-0.2, -0.15) is 4.31 Å². The van der Waals surface area contributed by atoms with E-state index in [0.717, 1.165) is 26.2 Å². The molecule has 1 aromatic carbocycles. The molecular formula is C19H28N2O5S. The average molecular weight is 397 g/mol. The molecule has 0 saturated carbocycles. The Morgan fingerprint density at radius 2 is 1.96 bits per heavy atom. The Bertz CT molecular complexity index is 779. The normalized spacial score (nSPS) is 22.4. The van der Waals surface area contributed by atoms with Gasteiger partial charge in [0, 0.05) is 39.3 Å². The average Bonchev–Trinajstić information content (AvgIpc) is 3.14. The predicted octanol–water partition coefficient (Wildman–Crippen LogP) is 1.85. The molecule has 0 aliphatic carbocycles. The second-order valence-corrected chi connectivity index (χ2v) is 9.55. The van der Waals surface area contributed by atoms with Crippen LogP contribution in [0.25, 0.3) is 0 Å². The highest BCUT2D eigenvalue weighted by Crippen LogP contribution is 2.28. The van der Waals surface area contributed by atoms with Crippen molar-refractivity contribution in [2.75, 3.05) is 45.9 Å². The molecule has 27 heavy (non-hydrogen) atoms. The van der Waals surface area contributed by atoms with Gasteiger partial charge in [0.15, 0.2) is 0 Å². The lowest BCUT2D eigenvalue weighted by Gasteiger charge is -2.35. The molecule has 1 N–H and O–H groups in total. The second kappa shape index (κ2) is 8.26. The van der Waals surface area contributed by atoms with E-state index in [1.54, 1.807) is 6.07 Å². The van der Waals surface area contributed by atoms with E-state index in [1.807, 2.05) is 13.8 Å². The molecule has 2 heterocycles. The molecule has 2 aliphatic rings. The van der Waals surface area contributed by atoms with E-state index in [4.69, 9.17) is 4.74 Å². The van der Waals surface area contributed by atoms with Crippen LogP contribution in [0, 0.1) is 5.92 Å². The number of carbonyl (C=O) groups is 1. The van der Waals surface area contributed by atoms with Gasteiger partial charge in [-0.3, -0.25) is 0 Å². The summed E-state index contributed by atoms with van der Waals surface area (Å²) in [4.78, 5) is 13.7. The van der Waals surface area contributed by atoms with Crippen LogP contribution in [-0.4, -0.2) is 74.6 Å². The molecule has 1 atom stereocenters. The quantitative estimate of drug-likeness (QED) is 0.790. The summed E-state index contributed by atoms with van der Waals surface area (Å²) in [6.07, 6.45) is 1.07. The first-order valence-corrected chi connectivity index (χ1v) is 10.9. The lowest BCUT2D eigenvalue weighted by molar-refractivity contribution is 0.0696. The van der Waals surface area contributed by atoms with Crippen LogP contribution in [0.1, 0.15) is 42.1 Å². The molecular weight excluding hydrogens is 368 g/mol. The molecule has 0 spiro atoms. The number of rotatable bonds is 6. The molecule has 0 amide bonds. The maximum Gasteiger partial charge on any atom is 0.335 e. The number of nitrogens with zero attached hydrogens (tertiary/aromatic N) is 2. The zero-order chi connectivity index (χ0) is 19.6. The fraction of sp³-hybridized carbons (Fsp3) is 0.632. The van der Waals surface area contributed by atoms with Gasteiger partial charge in [-0.25, -0.2) is 13.2 Å². The van der Waals surface area contributed by atoms with Crippen LogP contribution >= 0.6 is 0 Å². The van der Waals surface area contributed by atoms with Crippen LogP contribution < -0.4 is 0 Å². The summed E-state index contributed by atoms with van der Waals surface area (Å²) in [5, 5.41) is 9.26. The zero-order valence-corrected chi connectivity index (χ0v) is 16.7. The summed E-state index contributed by atoms with van der Waals surface area (Å²) in [6, 6.07) is 4.39. The van der Waals surface area contributed by atoms with Crippen LogP contribution in [0.5, 0.6) is 0 Å². The number of aromatic carboxylic acids is 1. The molecule has 7 nitrogen and oxygen atoms in total. The summed E-state index contributed by atoms with van der Waals surface area (Å²) in [6.45, 7) is 8.59. The molecule has 150 valence electrons. The first kappa shape index (κ1) is 20.3. The standard InChI is InChI=1S/C19H28N2O5S/c1-14(2)17-4-3-16(19(22)23)11-18(17)27(24,25)21-8-6-20(7-9-21)12-15-5-10-26-13-15/h3-4,11,14-15H,5-10,12-13H2,1-2H3,(H,22,23).